The van der Waals surface area contributed by atoms with Crippen LogP contribution in [0.15, 0.2) is 0 Å². The summed E-state index contributed by atoms with van der Waals surface area (Å²) in [4.78, 5) is 2.47. The minimum absolute atomic E-state index is 0.705. The van der Waals surface area contributed by atoms with E-state index in [2.05, 4.69) is 15.5 Å². The third-order valence-corrected chi connectivity index (χ3v) is 3.03. The Kier molecular flexibility index (Phi) is 4.19. The van der Waals surface area contributed by atoms with Crippen LogP contribution in [0.4, 0.5) is 0 Å². The summed E-state index contributed by atoms with van der Waals surface area (Å²) in [6.45, 7) is 8.62. The van der Waals surface area contributed by atoms with Gasteiger partial charge < -0.3 is 15.4 Å². The molecule has 0 aliphatic carbocycles. The zero-order chi connectivity index (χ0) is 9.64. The van der Waals surface area contributed by atoms with Crippen molar-refractivity contribution >= 4 is 0 Å². The third-order valence-electron chi connectivity index (χ3n) is 3.03. The predicted octanol–water partition coefficient (Wildman–Crippen LogP) is -0.730. The van der Waals surface area contributed by atoms with E-state index in [9.17, 15) is 0 Å². The quantitative estimate of drug-likeness (QED) is 0.626. The second-order valence-corrected chi connectivity index (χ2v) is 4.10. The number of nitrogens with one attached hydrogen (secondary N) is 2. The van der Waals surface area contributed by atoms with Crippen LogP contribution in [0.1, 0.15) is 6.42 Å². The largest absolute Gasteiger partial charge is 0.379 e. The Morgan fingerprint density at radius 2 is 2.21 bits per heavy atom. The molecule has 0 aromatic rings. The molecule has 82 valence electrons. The molecule has 0 amide bonds. The number of morpholine rings is 1. The molecule has 2 saturated heterocycles. The molecule has 4 heteroatoms. The van der Waals surface area contributed by atoms with Gasteiger partial charge in [0.1, 0.15) is 0 Å². The van der Waals surface area contributed by atoms with Crippen molar-refractivity contribution in [2.45, 2.75) is 12.5 Å². The van der Waals surface area contributed by atoms with Gasteiger partial charge in [-0.2, -0.15) is 0 Å². The van der Waals surface area contributed by atoms with Crippen LogP contribution in [-0.4, -0.2) is 63.4 Å². The fourth-order valence-corrected chi connectivity index (χ4v) is 2.08. The van der Waals surface area contributed by atoms with Crippen LogP contribution in [0.25, 0.3) is 0 Å². The van der Waals surface area contributed by atoms with Gasteiger partial charge in [0, 0.05) is 38.8 Å². The first-order valence-corrected chi connectivity index (χ1v) is 5.69. The van der Waals surface area contributed by atoms with E-state index in [0.717, 1.165) is 39.4 Å². The molecule has 2 rings (SSSR count). The maximum atomic E-state index is 5.31. The summed E-state index contributed by atoms with van der Waals surface area (Å²) >= 11 is 0. The maximum Gasteiger partial charge on any atom is 0.0594 e. The van der Waals surface area contributed by atoms with E-state index in [-0.39, 0.29) is 0 Å². The second kappa shape index (κ2) is 5.66. The second-order valence-electron chi connectivity index (χ2n) is 4.10. The van der Waals surface area contributed by atoms with E-state index in [4.69, 9.17) is 4.74 Å². The molecule has 4 nitrogen and oxygen atoms in total. The zero-order valence-electron chi connectivity index (χ0n) is 8.80. The lowest BCUT2D eigenvalue weighted by Gasteiger charge is -2.27. The number of rotatable bonds is 4. The van der Waals surface area contributed by atoms with Crippen molar-refractivity contribution in [1.29, 1.82) is 0 Å². The van der Waals surface area contributed by atoms with Crippen LogP contribution in [0, 0.1) is 0 Å². The summed E-state index contributed by atoms with van der Waals surface area (Å²) in [7, 11) is 0. The molecular weight excluding hydrogens is 178 g/mol. The lowest BCUT2D eigenvalue weighted by molar-refractivity contribution is 0.0382. The van der Waals surface area contributed by atoms with Crippen molar-refractivity contribution < 1.29 is 4.74 Å². The molecule has 0 aromatic carbocycles. The third kappa shape index (κ3) is 3.20. The number of ether oxygens (including phenoxy) is 1. The number of nitrogens with zero attached hydrogens (tertiary/aromatic N) is 1. The van der Waals surface area contributed by atoms with Crippen LogP contribution in [0.3, 0.4) is 0 Å². The minimum atomic E-state index is 0.705. The molecule has 1 unspecified atom stereocenters. The van der Waals surface area contributed by atoms with Crippen LogP contribution >= 0.6 is 0 Å². The molecule has 2 aliphatic rings. The molecule has 2 N–H and O–H groups in total. The van der Waals surface area contributed by atoms with E-state index >= 15 is 0 Å². The summed E-state index contributed by atoms with van der Waals surface area (Å²) in [5.41, 5.74) is 0. The lowest BCUT2D eigenvalue weighted by Crippen LogP contribution is -2.42. The van der Waals surface area contributed by atoms with Crippen molar-refractivity contribution in [2.24, 2.45) is 0 Å². The molecule has 2 heterocycles. The van der Waals surface area contributed by atoms with E-state index < -0.39 is 0 Å². The molecule has 0 aromatic heterocycles. The Morgan fingerprint density at radius 3 is 2.93 bits per heavy atom. The molecule has 2 aliphatic heterocycles. The fraction of sp³-hybridized carbons (Fsp3) is 1.00. The fourth-order valence-electron chi connectivity index (χ4n) is 2.08. The first-order chi connectivity index (χ1) is 6.95. The SMILES string of the molecule is C1CC(NCCN2CCOCC2)CN1. The molecule has 0 radical (unpaired) electrons. The topological polar surface area (TPSA) is 36.5 Å². The van der Waals surface area contributed by atoms with E-state index in [0.29, 0.717) is 6.04 Å². The summed E-state index contributed by atoms with van der Waals surface area (Å²) in [5.74, 6) is 0. The van der Waals surface area contributed by atoms with E-state index in [1.807, 2.05) is 0 Å². The normalized spacial score (nSPS) is 29.6. The van der Waals surface area contributed by atoms with Crippen LogP contribution in [0.2, 0.25) is 0 Å². The van der Waals surface area contributed by atoms with Crippen molar-refractivity contribution in [3.05, 3.63) is 0 Å². The average Bonchev–Trinajstić information content (AvgIpc) is 2.72. The highest BCUT2D eigenvalue weighted by Crippen LogP contribution is 1.98. The molecule has 14 heavy (non-hydrogen) atoms. The Morgan fingerprint density at radius 1 is 1.36 bits per heavy atom. The van der Waals surface area contributed by atoms with Gasteiger partial charge in [-0.05, 0) is 13.0 Å². The van der Waals surface area contributed by atoms with Gasteiger partial charge >= 0.3 is 0 Å². The average molecular weight is 199 g/mol. The molecule has 2 fully saturated rings. The van der Waals surface area contributed by atoms with Crippen molar-refractivity contribution in [3.63, 3.8) is 0 Å². The highest BCUT2D eigenvalue weighted by molar-refractivity contribution is 4.77. The first kappa shape index (κ1) is 10.4. The Hall–Kier alpha value is -0.160. The Balaban J connectivity index is 1.52. The van der Waals surface area contributed by atoms with Gasteiger partial charge in [-0.1, -0.05) is 0 Å². The first-order valence-electron chi connectivity index (χ1n) is 5.69. The number of hydrogen-bond acceptors (Lipinski definition) is 4. The van der Waals surface area contributed by atoms with Crippen molar-refractivity contribution in [1.82, 2.24) is 15.5 Å². The van der Waals surface area contributed by atoms with Gasteiger partial charge in [0.15, 0.2) is 0 Å². The number of hydrogen-bond donors (Lipinski definition) is 2. The van der Waals surface area contributed by atoms with E-state index in [1.165, 1.54) is 19.5 Å². The van der Waals surface area contributed by atoms with E-state index in [1.54, 1.807) is 0 Å². The molecule has 1 atom stereocenters. The monoisotopic (exact) mass is 199 g/mol. The lowest BCUT2D eigenvalue weighted by atomic mass is 10.2. The molecule has 0 spiro atoms. The summed E-state index contributed by atoms with van der Waals surface area (Å²) in [6.07, 6.45) is 1.28. The maximum absolute atomic E-state index is 5.31. The van der Waals surface area contributed by atoms with Crippen LogP contribution in [-0.2, 0) is 4.74 Å². The molecule has 0 saturated carbocycles. The zero-order valence-corrected chi connectivity index (χ0v) is 8.80. The summed E-state index contributed by atoms with van der Waals surface area (Å²) < 4.78 is 5.31. The highest BCUT2D eigenvalue weighted by atomic mass is 16.5. The van der Waals surface area contributed by atoms with Crippen molar-refractivity contribution in [3.8, 4) is 0 Å². The van der Waals surface area contributed by atoms with Gasteiger partial charge in [0.05, 0.1) is 13.2 Å². The standard InChI is InChI=1S/C10H21N3O/c1-2-11-9-10(1)12-3-4-13-5-7-14-8-6-13/h10-12H,1-9H2. The summed E-state index contributed by atoms with van der Waals surface area (Å²) in [5, 5.41) is 6.95. The summed E-state index contributed by atoms with van der Waals surface area (Å²) in [6, 6.07) is 0.705. The van der Waals surface area contributed by atoms with Gasteiger partial charge in [0.2, 0.25) is 0 Å². The minimum Gasteiger partial charge on any atom is -0.379 e. The highest BCUT2D eigenvalue weighted by Gasteiger charge is 2.14. The van der Waals surface area contributed by atoms with Gasteiger partial charge in [0.25, 0.3) is 0 Å². The molecule has 0 bridgehead atoms. The van der Waals surface area contributed by atoms with Gasteiger partial charge in [-0.25, -0.2) is 0 Å². The smallest absolute Gasteiger partial charge is 0.0594 e. The Labute approximate surface area is 86.0 Å². The molecular formula is C10H21N3O. The Bertz CT molecular complexity index is 153. The van der Waals surface area contributed by atoms with Gasteiger partial charge in [-0.15, -0.1) is 0 Å². The van der Waals surface area contributed by atoms with Crippen LogP contribution in [0.5, 0.6) is 0 Å². The van der Waals surface area contributed by atoms with Gasteiger partial charge in [-0.3, -0.25) is 4.90 Å². The van der Waals surface area contributed by atoms with Crippen LogP contribution < -0.4 is 10.6 Å². The predicted molar refractivity (Wildman–Crippen MR) is 56.5 cm³/mol. The van der Waals surface area contributed by atoms with Crippen molar-refractivity contribution in [2.75, 3.05) is 52.5 Å².